The number of rotatable bonds is 4. The summed E-state index contributed by atoms with van der Waals surface area (Å²) >= 11 is 0. The minimum Gasteiger partial charge on any atom is -0.395 e. The maximum Gasteiger partial charge on any atom is 0.225 e. The molecule has 0 saturated carbocycles. The number of amides is 1. The Morgan fingerprint density at radius 1 is 1.55 bits per heavy atom. The molecule has 2 unspecified atom stereocenters. The Balaban J connectivity index is 3.64. The average molecular weight is 161 g/mol. The van der Waals surface area contributed by atoms with Gasteiger partial charge in [0.1, 0.15) is 0 Å². The van der Waals surface area contributed by atoms with E-state index in [9.17, 15) is 4.79 Å². The first kappa shape index (κ1) is 10.4. The second-order valence-corrected chi connectivity index (χ2v) is 2.54. The molecule has 0 aliphatic heterocycles. The third kappa shape index (κ3) is 3.95. The second-order valence-electron chi connectivity index (χ2n) is 2.54. The fraction of sp³-hybridized carbons (Fsp3) is 0.857. The number of carbonyl (C=O) groups is 1. The highest BCUT2D eigenvalue weighted by Crippen LogP contribution is 2.00. The van der Waals surface area contributed by atoms with Gasteiger partial charge >= 0.3 is 0 Å². The number of hydrogen-bond acceptors (Lipinski definition) is 3. The van der Waals surface area contributed by atoms with E-state index < -0.39 is 12.0 Å². The van der Waals surface area contributed by atoms with Crippen LogP contribution >= 0.6 is 0 Å². The van der Waals surface area contributed by atoms with Gasteiger partial charge in [0, 0.05) is 6.54 Å². The van der Waals surface area contributed by atoms with Crippen molar-refractivity contribution >= 4 is 5.91 Å². The fourth-order valence-corrected chi connectivity index (χ4v) is 0.559. The average Bonchev–Trinajstić information content (AvgIpc) is 1.98. The Hall–Kier alpha value is -0.610. The van der Waals surface area contributed by atoms with Crippen LogP contribution in [0.5, 0.6) is 0 Å². The third-order valence-electron chi connectivity index (χ3n) is 1.55. The van der Waals surface area contributed by atoms with E-state index in [-0.39, 0.29) is 19.1 Å². The summed E-state index contributed by atoms with van der Waals surface area (Å²) < 4.78 is 0. The van der Waals surface area contributed by atoms with Crippen molar-refractivity contribution < 1.29 is 15.0 Å². The highest BCUT2D eigenvalue weighted by molar-refractivity contribution is 5.78. The van der Waals surface area contributed by atoms with Gasteiger partial charge < -0.3 is 15.5 Å². The lowest BCUT2D eigenvalue weighted by atomic mass is 10.1. The van der Waals surface area contributed by atoms with Crippen molar-refractivity contribution in [3.8, 4) is 0 Å². The Labute approximate surface area is 66.2 Å². The van der Waals surface area contributed by atoms with Crippen LogP contribution in [0.1, 0.15) is 13.8 Å². The summed E-state index contributed by atoms with van der Waals surface area (Å²) in [5.74, 6) is -0.643. The SMILES string of the molecule is CC(O)C(C)C(=O)NCCO. The first-order valence-corrected chi connectivity index (χ1v) is 3.66. The van der Waals surface area contributed by atoms with E-state index in [1.807, 2.05) is 0 Å². The molecule has 2 atom stereocenters. The number of nitrogens with one attached hydrogen (secondary N) is 1. The predicted molar refractivity (Wildman–Crippen MR) is 40.9 cm³/mol. The molecule has 11 heavy (non-hydrogen) atoms. The zero-order chi connectivity index (χ0) is 8.85. The highest BCUT2D eigenvalue weighted by Gasteiger charge is 2.16. The van der Waals surface area contributed by atoms with Crippen molar-refractivity contribution in [1.29, 1.82) is 0 Å². The molecule has 0 fully saturated rings. The van der Waals surface area contributed by atoms with Gasteiger partial charge in [0.05, 0.1) is 18.6 Å². The molecule has 0 saturated heterocycles. The molecule has 0 aliphatic rings. The molecule has 4 heteroatoms. The lowest BCUT2D eigenvalue weighted by Gasteiger charge is -2.13. The van der Waals surface area contributed by atoms with Crippen molar-refractivity contribution in [3.63, 3.8) is 0 Å². The molecule has 0 rings (SSSR count). The topological polar surface area (TPSA) is 69.6 Å². The van der Waals surface area contributed by atoms with Crippen LogP contribution in [0.25, 0.3) is 0 Å². The number of hydrogen-bond donors (Lipinski definition) is 3. The van der Waals surface area contributed by atoms with Crippen LogP contribution in [0.2, 0.25) is 0 Å². The van der Waals surface area contributed by atoms with E-state index >= 15 is 0 Å². The van der Waals surface area contributed by atoms with Crippen molar-refractivity contribution in [2.24, 2.45) is 5.92 Å². The zero-order valence-electron chi connectivity index (χ0n) is 6.87. The van der Waals surface area contributed by atoms with E-state index in [1.54, 1.807) is 13.8 Å². The molecule has 0 radical (unpaired) electrons. The molecule has 3 N–H and O–H groups in total. The van der Waals surface area contributed by atoms with Gasteiger partial charge in [-0.2, -0.15) is 0 Å². The van der Waals surface area contributed by atoms with Crippen LogP contribution in [0.4, 0.5) is 0 Å². The molecular formula is C7H15NO3. The first-order chi connectivity index (χ1) is 5.09. The van der Waals surface area contributed by atoms with E-state index in [1.165, 1.54) is 0 Å². The van der Waals surface area contributed by atoms with Gasteiger partial charge in [-0.25, -0.2) is 0 Å². The summed E-state index contributed by atoms with van der Waals surface area (Å²) in [6.07, 6.45) is -0.645. The first-order valence-electron chi connectivity index (χ1n) is 3.66. The molecule has 0 bridgehead atoms. The fourth-order valence-electron chi connectivity index (χ4n) is 0.559. The Morgan fingerprint density at radius 2 is 2.09 bits per heavy atom. The summed E-state index contributed by atoms with van der Waals surface area (Å²) in [4.78, 5) is 11.0. The van der Waals surface area contributed by atoms with Gasteiger partial charge in [-0.3, -0.25) is 4.79 Å². The molecule has 0 aliphatic carbocycles. The maximum atomic E-state index is 11.0. The second kappa shape index (κ2) is 5.09. The van der Waals surface area contributed by atoms with Crippen molar-refractivity contribution in [2.75, 3.05) is 13.2 Å². The Bertz CT molecular complexity index is 125. The van der Waals surface area contributed by atoms with Gasteiger partial charge in [-0.05, 0) is 6.92 Å². The van der Waals surface area contributed by atoms with Gasteiger partial charge in [0.2, 0.25) is 5.91 Å². The minimum absolute atomic E-state index is 0.0712. The van der Waals surface area contributed by atoms with Gasteiger partial charge in [0.25, 0.3) is 0 Å². The molecule has 0 spiro atoms. The molecule has 0 aromatic rings. The van der Waals surface area contributed by atoms with E-state index in [0.29, 0.717) is 0 Å². The number of aliphatic hydroxyl groups is 2. The maximum absolute atomic E-state index is 11.0. The predicted octanol–water partition coefficient (Wildman–Crippen LogP) is -0.888. The summed E-state index contributed by atoms with van der Waals surface area (Å²) in [6.45, 7) is 3.37. The van der Waals surface area contributed by atoms with Crippen LogP contribution < -0.4 is 5.32 Å². The van der Waals surface area contributed by atoms with E-state index in [2.05, 4.69) is 5.32 Å². The van der Waals surface area contributed by atoms with Crippen LogP contribution in [-0.4, -0.2) is 35.4 Å². The van der Waals surface area contributed by atoms with Crippen LogP contribution in [-0.2, 0) is 4.79 Å². The normalized spacial score (nSPS) is 15.6. The minimum atomic E-state index is -0.645. The standard InChI is InChI=1S/C7H15NO3/c1-5(6(2)10)7(11)8-3-4-9/h5-6,9-10H,3-4H2,1-2H3,(H,8,11). The van der Waals surface area contributed by atoms with Crippen molar-refractivity contribution in [1.82, 2.24) is 5.32 Å². The number of aliphatic hydroxyl groups excluding tert-OH is 2. The summed E-state index contributed by atoms with van der Waals surface area (Å²) in [7, 11) is 0. The van der Waals surface area contributed by atoms with Gasteiger partial charge in [0.15, 0.2) is 0 Å². The van der Waals surface area contributed by atoms with Crippen molar-refractivity contribution in [2.45, 2.75) is 20.0 Å². The Kier molecular flexibility index (Phi) is 4.81. The molecule has 0 aromatic carbocycles. The molecule has 4 nitrogen and oxygen atoms in total. The largest absolute Gasteiger partial charge is 0.395 e. The third-order valence-corrected chi connectivity index (χ3v) is 1.55. The van der Waals surface area contributed by atoms with Gasteiger partial charge in [-0.1, -0.05) is 6.92 Å². The van der Waals surface area contributed by atoms with Crippen LogP contribution in [0, 0.1) is 5.92 Å². The lowest BCUT2D eigenvalue weighted by Crippen LogP contribution is -2.36. The summed E-state index contributed by atoms with van der Waals surface area (Å²) in [5, 5.41) is 19.8. The summed E-state index contributed by atoms with van der Waals surface area (Å²) in [6, 6.07) is 0. The van der Waals surface area contributed by atoms with Crippen molar-refractivity contribution in [3.05, 3.63) is 0 Å². The van der Waals surface area contributed by atoms with Gasteiger partial charge in [-0.15, -0.1) is 0 Å². The number of carbonyl (C=O) groups excluding carboxylic acids is 1. The monoisotopic (exact) mass is 161 g/mol. The highest BCUT2D eigenvalue weighted by atomic mass is 16.3. The smallest absolute Gasteiger partial charge is 0.225 e. The zero-order valence-corrected chi connectivity index (χ0v) is 6.87. The summed E-state index contributed by atoms with van der Waals surface area (Å²) in [5.41, 5.74) is 0. The van der Waals surface area contributed by atoms with E-state index in [4.69, 9.17) is 10.2 Å². The van der Waals surface area contributed by atoms with Crippen LogP contribution in [0.15, 0.2) is 0 Å². The molecule has 1 amide bonds. The molecule has 0 aromatic heterocycles. The molecule has 66 valence electrons. The molecular weight excluding hydrogens is 146 g/mol. The van der Waals surface area contributed by atoms with E-state index in [0.717, 1.165) is 0 Å². The molecule has 0 heterocycles. The van der Waals surface area contributed by atoms with Crippen LogP contribution in [0.3, 0.4) is 0 Å². The lowest BCUT2D eigenvalue weighted by molar-refractivity contribution is -0.127. The Morgan fingerprint density at radius 3 is 2.45 bits per heavy atom. The quantitative estimate of drug-likeness (QED) is 0.501.